The van der Waals surface area contributed by atoms with Crippen LogP contribution in [-0.2, 0) is 6.54 Å². The number of ketones is 1. The second kappa shape index (κ2) is 8.01. The molecule has 2 N–H and O–H groups in total. The van der Waals surface area contributed by atoms with E-state index in [1.807, 2.05) is 12.1 Å². The van der Waals surface area contributed by atoms with Crippen molar-refractivity contribution in [2.75, 3.05) is 19.5 Å². The van der Waals surface area contributed by atoms with E-state index in [2.05, 4.69) is 10.6 Å². The van der Waals surface area contributed by atoms with Crippen LogP contribution < -0.4 is 20.1 Å². The number of hydrogen-bond donors (Lipinski definition) is 2. The lowest BCUT2D eigenvalue weighted by Gasteiger charge is -2.10. The summed E-state index contributed by atoms with van der Waals surface area (Å²) >= 11 is 0. The Kier molecular flexibility index (Phi) is 5.78. The van der Waals surface area contributed by atoms with Gasteiger partial charge in [0.2, 0.25) is 0 Å². The number of anilines is 1. The minimum absolute atomic E-state index is 0.0158. The van der Waals surface area contributed by atoms with Crippen LogP contribution in [0.5, 0.6) is 11.5 Å². The Balaban J connectivity index is 1.94. The fourth-order valence-electron chi connectivity index (χ4n) is 2.11. The van der Waals surface area contributed by atoms with Crippen molar-refractivity contribution in [1.29, 1.82) is 0 Å². The predicted octanol–water partition coefficient (Wildman–Crippen LogP) is 3.23. The molecule has 24 heavy (non-hydrogen) atoms. The number of urea groups is 1. The van der Waals surface area contributed by atoms with Crippen molar-refractivity contribution in [2.24, 2.45) is 0 Å². The Morgan fingerprint density at radius 2 is 1.54 bits per heavy atom. The van der Waals surface area contributed by atoms with Gasteiger partial charge < -0.3 is 20.1 Å². The maximum atomic E-state index is 12.0. The van der Waals surface area contributed by atoms with Gasteiger partial charge in [-0.25, -0.2) is 4.79 Å². The van der Waals surface area contributed by atoms with Crippen molar-refractivity contribution in [1.82, 2.24) is 5.32 Å². The standard InChI is InChI=1S/C18H20N2O4/c1-12(21)14-4-6-15(7-5-14)20-18(22)19-11-13-8-16(23-2)10-17(9-13)24-3/h4-10H,11H2,1-3H3,(H2,19,20,22). The Bertz CT molecular complexity index is 704. The Morgan fingerprint density at radius 1 is 0.958 bits per heavy atom. The van der Waals surface area contributed by atoms with E-state index in [1.54, 1.807) is 44.6 Å². The van der Waals surface area contributed by atoms with Crippen LogP contribution in [0.25, 0.3) is 0 Å². The molecule has 6 heteroatoms. The number of carbonyl (C=O) groups is 2. The fourth-order valence-corrected chi connectivity index (χ4v) is 2.11. The third-order valence-electron chi connectivity index (χ3n) is 3.41. The highest BCUT2D eigenvalue weighted by Crippen LogP contribution is 2.22. The smallest absolute Gasteiger partial charge is 0.319 e. The lowest BCUT2D eigenvalue weighted by Crippen LogP contribution is -2.28. The van der Waals surface area contributed by atoms with Crippen LogP contribution in [0.1, 0.15) is 22.8 Å². The number of ether oxygens (including phenoxy) is 2. The molecule has 0 aliphatic heterocycles. The number of amides is 2. The number of nitrogens with one attached hydrogen (secondary N) is 2. The Morgan fingerprint density at radius 3 is 2.04 bits per heavy atom. The van der Waals surface area contributed by atoms with Gasteiger partial charge in [-0.1, -0.05) is 0 Å². The largest absolute Gasteiger partial charge is 0.497 e. The van der Waals surface area contributed by atoms with Crippen molar-refractivity contribution in [3.8, 4) is 11.5 Å². The molecule has 6 nitrogen and oxygen atoms in total. The van der Waals surface area contributed by atoms with Crippen LogP contribution in [0.4, 0.5) is 10.5 Å². The number of carbonyl (C=O) groups excluding carboxylic acids is 2. The lowest BCUT2D eigenvalue weighted by molar-refractivity contribution is 0.101. The summed E-state index contributed by atoms with van der Waals surface area (Å²) in [5.74, 6) is 1.30. The first kappa shape index (κ1) is 17.3. The zero-order valence-corrected chi connectivity index (χ0v) is 13.9. The van der Waals surface area contributed by atoms with Crippen molar-refractivity contribution in [3.05, 3.63) is 53.6 Å². The number of benzene rings is 2. The molecule has 2 rings (SSSR count). The Labute approximate surface area is 140 Å². The highest BCUT2D eigenvalue weighted by Gasteiger charge is 2.06. The van der Waals surface area contributed by atoms with E-state index in [-0.39, 0.29) is 11.8 Å². The molecule has 0 spiro atoms. The van der Waals surface area contributed by atoms with Crippen molar-refractivity contribution in [3.63, 3.8) is 0 Å². The number of methoxy groups -OCH3 is 2. The van der Waals surface area contributed by atoms with Gasteiger partial charge in [-0.3, -0.25) is 4.79 Å². The van der Waals surface area contributed by atoms with Crippen LogP contribution in [0.15, 0.2) is 42.5 Å². The molecular formula is C18H20N2O4. The van der Waals surface area contributed by atoms with E-state index in [0.29, 0.717) is 29.3 Å². The summed E-state index contributed by atoms with van der Waals surface area (Å²) < 4.78 is 10.4. The lowest BCUT2D eigenvalue weighted by atomic mass is 10.1. The third-order valence-corrected chi connectivity index (χ3v) is 3.41. The molecule has 0 aliphatic rings. The van der Waals surface area contributed by atoms with Crippen LogP contribution >= 0.6 is 0 Å². The van der Waals surface area contributed by atoms with E-state index in [0.717, 1.165) is 5.56 Å². The first-order chi connectivity index (χ1) is 11.5. The van der Waals surface area contributed by atoms with Gasteiger partial charge in [0.25, 0.3) is 0 Å². The van der Waals surface area contributed by atoms with E-state index in [4.69, 9.17) is 9.47 Å². The molecule has 0 saturated carbocycles. The highest BCUT2D eigenvalue weighted by molar-refractivity contribution is 5.95. The van der Waals surface area contributed by atoms with E-state index in [1.165, 1.54) is 6.92 Å². The fraction of sp³-hybridized carbons (Fsp3) is 0.222. The zero-order chi connectivity index (χ0) is 17.5. The summed E-state index contributed by atoms with van der Waals surface area (Å²) in [4.78, 5) is 23.2. The van der Waals surface area contributed by atoms with Gasteiger partial charge in [0.05, 0.1) is 14.2 Å². The first-order valence-corrected chi connectivity index (χ1v) is 7.39. The molecule has 0 bridgehead atoms. The molecular weight excluding hydrogens is 308 g/mol. The minimum atomic E-state index is -0.340. The summed E-state index contributed by atoms with van der Waals surface area (Å²) in [6.07, 6.45) is 0. The maximum Gasteiger partial charge on any atom is 0.319 e. The highest BCUT2D eigenvalue weighted by atomic mass is 16.5. The molecule has 0 aliphatic carbocycles. The normalized spacial score (nSPS) is 9.96. The minimum Gasteiger partial charge on any atom is -0.497 e. The van der Waals surface area contributed by atoms with E-state index >= 15 is 0 Å². The van der Waals surface area contributed by atoms with Gasteiger partial charge >= 0.3 is 6.03 Å². The first-order valence-electron chi connectivity index (χ1n) is 7.39. The van der Waals surface area contributed by atoms with Crippen LogP contribution in [0.3, 0.4) is 0 Å². The topological polar surface area (TPSA) is 76.7 Å². The average Bonchev–Trinajstić information content (AvgIpc) is 2.60. The molecule has 126 valence electrons. The summed E-state index contributed by atoms with van der Waals surface area (Å²) in [6, 6.07) is 11.8. The van der Waals surface area contributed by atoms with Crippen molar-refractivity contribution >= 4 is 17.5 Å². The molecule has 0 fully saturated rings. The summed E-state index contributed by atoms with van der Waals surface area (Å²) in [7, 11) is 3.15. The second-order valence-electron chi connectivity index (χ2n) is 5.16. The summed E-state index contributed by atoms with van der Waals surface area (Å²) in [5, 5.41) is 5.47. The van der Waals surface area contributed by atoms with Gasteiger partial charge in [-0.05, 0) is 48.9 Å². The molecule has 0 atom stereocenters. The molecule has 2 aromatic rings. The molecule has 2 amide bonds. The van der Waals surface area contributed by atoms with E-state index < -0.39 is 0 Å². The zero-order valence-electron chi connectivity index (χ0n) is 13.9. The number of Topliss-reactive ketones (excluding diaryl/α,β-unsaturated/α-hetero) is 1. The van der Waals surface area contributed by atoms with Gasteiger partial charge in [0, 0.05) is 23.9 Å². The quantitative estimate of drug-likeness (QED) is 0.798. The predicted molar refractivity (Wildman–Crippen MR) is 91.9 cm³/mol. The molecule has 0 saturated heterocycles. The number of rotatable bonds is 6. The summed E-state index contributed by atoms with van der Waals surface area (Å²) in [5.41, 5.74) is 2.07. The van der Waals surface area contributed by atoms with Crippen LogP contribution in [0, 0.1) is 0 Å². The molecule has 0 aromatic heterocycles. The maximum absolute atomic E-state index is 12.0. The van der Waals surface area contributed by atoms with E-state index in [9.17, 15) is 9.59 Å². The molecule has 2 aromatic carbocycles. The third kappa shape index (κ3) is 4.74. The molecule has 0 unspecified atom stereocenters. The van der Waals surface area contributed by atoms with Gasteiger partial charge in [0.15, 0.2) is 5.78 Å². The monoisotopic (exact) mass is 328 g/mol. The average molecular weight is 328 g/mol. The molecule has 0 heterocycles. The van der Waals surface area contributed by atoms with Gasteiger partial charge in [-0.2, -0.15) is 0 Å². The van der Waals surface area contributed by atoms with Gasteiger partial charge in [0.1, 0.15) is 11.5 Å². The SMILES string of the molecule is COc1cc(CNC(=O)Nc2ccc(C(C)=O)cc2)cc(OC)c1. The van der Waals surface area contributed by atoms with Crippen LogP contribution in [-0.4, -0.2) is 26.0 Å². The van der Waals surface area contributed by atoms with Gasteiger partial charge in [-0.15, -0.1) is 0 Å². The Hall–Kier alpha value is -3.02. The second-order valence-corrected chi connectivity index (χ2v) is 5.16. The van der Waals surface area contributed by atoms with Crippen molar-refractivity contribution < 1.29 is 19.1 Å². The molecule has 0 radical (unpaired) electrons. The number of hydrogen-bond acceptors (Lipinski definition) is 4. The van der Waals surface area contributed by atoms with Crippen LogP contribution in [0.2, 0.25) is 0 Å². The van der Waals surface area contributed by atoms with Crippen molar-refractivity contribution in [2.45, 2.75) is 13.5 Å². The summed E-state index contributed by atoms with van der Waals surface area (Å²) in [6.45, 7) is 1.82.